The van der Waals surface area contributed by atoms with Gasteiger partial charge in [0.25, 0.3) is 11.8 Å². The number of rotatable bonds is 6. The Morgan fingerprint density at radius 2 is 1.14 bits per heavy atom. The highest BCUT2D eigenvalue weighted by Crippen LogP contribution is 2.19. The normalized spacial score (nSPS) is 21.1. The van der Waals surface area contributed by atoms with Gasteiger partial charge in [0.05, 0.1) is 0 Å². The van der Waals surface area contributed by atoms with Crippen LogP contribution >= 0.6 is 0 Å². The predicted molar refractivity (Wildman–Crippen MR) is 111 cm³/mol. The number of hydrogen-bond acceptors (Lipinski definition) is 4. The summed E-state index contributed by atoms with van der Waals surface area (Å²) in [6, 6.07) is 15.7. The van der Waals surface area contributed by atoms with Crippen LogP contribution in [0.5, 0.6) is 0 Å². The predicted octanol–water partition coefficient (Wildman–Crippen LogP) is 3.51. The van der Waals surface area contributed by atoms with Crippen LogP contribution in [0.2, 0.25) is 0 Å². The molecule has 152 valence electrons. The Balaban J connectivity index is 1.29. The molecule has 0 unspecified atom stereocenters. The second-order valence-electron chi connectivity index (χ2n) is 7.55. The molecule has 29 heavy (non-hydrogen) atoms. The molecule has 2 saturated heterocycles. The molecule has 6 nitrogen and oxygen atoms in total. The molecular formula is C23H26N2O4. The summed E-state index contributed by atoms with van der Waals surface area (Å²) in [5.74, 6) is -0.147. The maximum Gasteiger partial charge on any atom is 0.253 e. The first kappa shape index (κ1) is 19.6. The molecule has 4 rings (SSSR count). The fourth-order valence-corrected chi connectivity index (χ4v) is 3.66. The van der Waals surface area contributed by atoms with Crippen molar-refractivity contribution in [3.05, 3.63) is 59.7 Å². The van der Waals surface area contributed by atoms with Gasteiger partial charge in [0, 0.05) is 24.6 Å². The van der Waals surface area contributed by atoms with E-state index in [4.69, 9.17) is 9.47 Å². The molecule has 6 heteroatoms. The number of carbonyl (C=O) groups excluding carboxylic acids is 2. The van der Waals surface area contributed by atoms with E-state index >= 15 is 0 Å². The van der Waals surface area contributed by atoms with Gasteiger partial charge in [0.1, 0.15) is 12.2 Å². The van der Waals surface area contributed by atoms with Gasteiger partial charge in [0.15, 0.2) is 0 Å². The highest BCUT2D eigenvalue weighted by atomic mass is 16.5. The lowest BCUT2D eigenvalue weighted by Gasteiger charge is -2.12. The highest BCUT2D eigenvalue weighted by molar-refractivity contribution is 5.94. The molecule has 2 fully saturated rings. The van der Waals surface area contributed by atoms with Crippen molar-refractivity contribution in [1.82, 2.24) is 0 Å². The van der Waals surface area contributed by atoms with Crippen LogP contribution in [0.4, 0.5) is 11.4 Å². The molecule has 0 radical (unpaired) electrons. The van der Waals surface area contributed by atoms with Crippen LogP contribution < -0.4 is 10.6 Å². The van der Waals surface area contributed by atoms with Crippen molar-refractivity contribution in [3.63, 3.8) is 0 Å². The third-order valence-electron chi connectivity index (χ3n) is 5.30. The van der Waals surface area contributed by atoms with Crippen LogP contribution in [0.3, 0.4) is 0 Å². The van der Waals surface area contributed by atoms with E-state index < -0.39 is 0 Å². The van der Waals surface area contributed by atoms with E-state index in [1.807, 2.05) is 48.5 Å². The quantitative estimate of drug-likeness (QED) is 0.786. The number of hydrogen-bond donors (Lipinski definition) is 2. The van der Waals surface area contributed by atoms with Gasteiger partial charge in [-0.1, -0.05) is 24.3 Å². The fraction of sp³-hybridized carbons (Fsp3) is 0.391. The van der Waals surface area contributed by atoms with Gasteiger partial charge in [-0.15, -0.1) is 0 Å². The molecule has 2 N–H and O–H groups in total. The zero-order valence-corrected chi connectivity index (χ0v) is 16.4. The average Bonchev–Trinajstić information content (AvgIpc) is 3.45. The van der Waals surface area contributed by atoms with Crippen LogP contribution in [-0.2, 0) is 25.5 Å². The minimum atomic E-state index is -0.325. The van der Waals surface area contributed by atoms with E-state index in [0.717, 1.165) is 54.6 Å². The molecule has 0 bridgehead atoms. The topological polar surface area (TPSA) is 76.7 Å². The third-order valence-corrected chi connectivity index (χ3v) is 5.30. The first-order valence-corrected chi connectivity index (χ1v) is 10.2. The lowest BCUT2D eigenvalue weighted by atomic mass is 10.0. The smallest absolute Gasteiger partial charge is 0.253 e. The number of carbonyl (C=O) groups is 2. The van der Waals surface area contributed by atoms with E-state index in [-0.39, 0.29) is 24.0 Å². The lowest BCUT2D eigenvalue weighted by Crippen LogP contribution is -2.26. The molecular weight excluding hydrogens is 368 g/mol. The van der Waals surface area contributed by atoms with Gasteiger partial charge >= 0.3 is 0 Å². The maximum atomic E-state index is 12.1. The van der Waals surface area contributed by atoms with Gasteiger partial charge in [-0.25, -0.2) is 0 Å². The van der Waals surface area contributed by atoms with E-state index in [0.29, 0.717) is 13.2 Å². The van der Waals surface area contributed by atoms with E-state index in [1.54, 1.807) is 0 Å². The molecule has 2 aromatic carbocycles. The van der Waals surface area contributed by atoms with E-state index in [1.165, 1.54) is 0 Å². The molecule has 0 spiro atoms. The lowest BCUT2D eigenvalue weighted by molar-refractivity contribution is -0.125. The van der Waals surface area contributed by atoms with Gasteiger partial charge in [-0.05, 0) is 67.5 Å². The van der Waals surface area contributed by atoms with Crippen LogP contribution in [0.15, 0.2) is 48.5 Å². The first-order chi connectivity index (χ1) is 14.2. The van der Waals surface area contributed by atoms with Crippen LogP contribution in [-0.4, -0.2) is 37.2 Å². The van der Waals surface area contributed by atoms with Crippen molar-refractivity contribution in [2.24, 2.45) is 0 Å². The Hall–Kier alpha value is -2.70. The second kappa shape index (κ2) is 9.20. The molecule has 2 heterocycles. The number of amides is 2. The summed E-state index contributed by atoms with van der Waals surface area (Å²) in [7, 11) is 0. The summed E-state index contributed by atoms with van der Waals surface area (Å²) in [6.45, 7) is 1.32. The largest absolute Gasteiger partial charge is 0.368 e. The summed E-state index contributed by atoms with van der Waals surface area (Å²) in [5.41, 5.74) is 3.86. The second-order valence-corrected chi connectivity index (χ2v) is 7.55. The zero-order valence-electron chi connectivity index (χ0n) is 16.4. The highest BCUT2D eigenvalue weighted by Gasteiger charge is 2.24. The molecule has 0 aliphatic carbocycles. The van der Waals surface area contributed by atoms with Gasteiger partial charge in [-0.3, -0.25) is 9.59 Å². The summed E-state index contributed by atoms with van der Waals surface area (Å²) in [5, 5.41) is 5.82. The molecule has 2 aromatic rings. The average molecular weight is 394 g/mol. The Kier molecular flexibility index (Phi) is 6.22. The Morgan fingerprint density at radius 3 is 1.48 bits per heavy atom. The number of nitrogens with one attached hydrogen (secondary N) is 2. The van der Waals surface area contributed by atoms with Gasteiger partial charge in [0.2, 0.25) is 0 Å². The molecule has 2 aliphatic rings. The number of benzene rings is 2. The molecule has 0 saturated carbocycles. The molecule has 2 aliphatic heterocycles. The number of anilines is 2. The van der Waals surface area contributed by atoms with Crippen molar-refractivity contribution in [3.8, 4) is 0 Å². The standard InChI is InChI=1S/C23H26N2O4/c26-22(20-3-1-13-28-20)24-18-9-5-16(6-10-18)15-17-7-11-19(12-8-17)25-23(27)21-4-2-14-29-21/h5-12,20-21H,1-4,13-15H2,(H,24,26)(H,25,27)/t20-,21-/m1/s1. The summed E-state index contributed by atoms with van der Waals surface area (Å²) >= 11 is 0. The van der Waals surface area contributed by atoms with Gasteiger partial charge in [-0.2, -0.15) is 0 Å². The van der Waals surface area contributed by atoms with Crippen LogP contribution in [0.25, 0.3) is 0 Å². The molecule has 2 amide bonds. The van der Waals surface area contributed by atoms with Crippen LogP contribution in [0.1, 0.15) is 36.8 Å². The Labute approximate surface area is 170 Å². The SMILES string of the molecule is O=C(Nc1ccc(Cc2ccc(NC(=O)[C@H]3CCCO3)cc2)cc1)[C@H]1CCCO1. The zero-order chi connectivity index (χ0) is 20.1. The van der Waals surface area contributed by atoms with Crippen molar-refractivity contribution in [2.45, 2.75) is 44.3 Å². The van der Waals surface area contributed by atoms with Crippen LogP contribution in [0, 0.1) is 0 Å². The van der Waals surface area contributed by atoms with E-state index in [2.05, 4.69) is 10.6 Å². The third kappa shape index (κ3) is 5.22. The van der Waals surface area contributed by atoms with E-state index in [9.17, 15) is 9.59 Å². The summed E-state index contributed by atoms with van der Waals surface area (Å²) < 4.78 is 10.8. The van der Waals surface area contributed by atoms with Crippen molar-refractivity contribution >= 4 is 23.2 Å². The maximum absolute atomic E-state index is 12.1. The Morgan fingerprint density at radius 1 is 0.724 bits per heavy atom. The molecule has 0 aromatic heterocycles. The van der Waals surface area contributed by atoms with Crippen molar-refractivity contribution in [2.75, 3.05) is 23.8 Å². The minimum Gasteiger partial charge on any atom is -0.368 e. The summed E-state index contributed by atoms with van der Waals surface area (Å²) in [4.78, 5) is 24.2. The minimum absolute atomic E-state index is 0.0733. The monoisotopic (exact) mass is 394 g/mol. The molecule has 2 atom stereocenters. The first-order valence-electron chi connectivity index (χ1n) is 10.2. The number of ether oxygens (including phenoxy) is 2. The van der Waals surface area contributed by atoms with Crippen molar-refractivity contribution < 1.29 is 19.1 Å². The van der Waals surface area contributed by atoms with Gasteiger partial charge < -0.3 is 20.1 Å². The fourth-order valence-electron chi connectivity index (χ4n) is 3.66. The Bertz CT molecular complexity index is 765. The van der Waals surface area contributed by atoms with Crippen molar-refractivity contribution in [1.29, 1.82) is 0 Å². The summed E-state index contributed by atoms with van der Waals surface area (Å²) in [6.07, 6.45) is 3.58.